The summed E-state index contributed by atoms with van der Waals surface area (Å²) in [5, 5.41) is 17.8. The van der Waals surface area contributed by atoms with Crippen molar-refractivity contribution in [1.29, 1.82) is 0 Å². The molecule has 98 valence electrons. The first kappa shape index (κ1) is 15.9. The molecule has 0 rings (SSSR count). The lowest BCUT2D eigenvalue weighted by Gasteiger charge is -2.19. The fraction of sp³-hybridized carbons (Fsp3) is 1.00. The zero-order chi connectivity index (χ0) is 12.4. The standard InChI is InChI=1S/C13H28O3/c1-13(2,3)16-9-7-5-4-6-8-12(10-14)11-15/h12,14-15H,4-11H2,1-3H3. The Kier molecular flexibility index (Phi) is 8.90. The van der Waals surface area contributed by atoms with Crippen LogP contribution in [-0.2, 0) is 4.74 Å². The maximum absolute atomic E-state index is 8.88. The molecule has 0 heterocycles. The minimum absolute atomic E-state index is 0.0289. The van der Waals surface area contributed by atoms with Gasteiger partial charge in [-0.15, -0.1) is 0 Å². The van der Waals surface area contributed by atoms with E-state index in [2.05, 4.69) is 20.8 Å². The molecular weight excluding hydrogens is 204 g/mol. The van der Waals surface area contributed by atoms with E-state index in [1.54, 1.807) is 0 Å². The monoisotopic (exact) mass is 232 g/mol. The molecule has 0 saturated carbocycles. The van der Waals surface area contributed by atoms with E-state index in [4.69, 9.17) is 14.9 Å². The lowest BCUT2D eigenvalue weighted by Crippen LogP contribution is -2.19. The molecule has 0 aromatic heterocycles. The Morgan fingerprint density at radius 3 is 2.00 bits per heavy atom. The molecule has 0 bridgehead atoms. The number of ether oxygens (including phenoxy) is 1. The fourth-order valence-electron chi connectivity index (χ4n) is 1.51. The van der Waals surface area contributed by atoms with Gasteiger partial charge in [0, 0.05) is 25.7 Å². The Morgan fingerprint density at radius 2 is 1.50 bits per heavy atom. The summed E-state index contributed by atoms with van der Waals surface area (Å²) in [5.41, 5.74) is -0.0289. The molecule has 0 aromatic rings. The fourth-order valence-corrected chi connectivity index (χ4v) is 1.51. The molecule has 0 aliphatic heterocycles. The second-order valence-electron chi connectivity index (χ2n) is 5.39. The maximum Gasteiger partial charge on any atom is 0.0598 e. The van der Waals surface area contributed by atoms with Crippen molar-refractivity contribution in [2.45, 2.75) is 58.5 Å². The summed E-state index contributed by atoms with van der Waals surface area (Å²) in [5.74, 6) is 0.0748. The number of rotatable bonds is 9. The van der Waals surface area contributed by atoms with E-state index < -0.39 is 0 Å². The van der Waals surface area contributed by atoms with Crippen molar-refractivity contribution in [2.75, 3.05) is 19.8 Å². The summed E-state index contributed by atoms with van der Waals surface area (Å²) in [4.78, 5) is 0. The summed E-state index contributed by atoms with van der Waals surface area (Å²) < 4.78 is 5.62. The second-order valence-corrected chi connectivity index (χ2v) is 5.39. The summed E-state index contributed by atoms with van der Waals surface area (Å²) >= 11 is 0. The quantitative estimate of drug-likeness (QED) is 0.600. The molecule has 0 unspecified atom stereocenters. The van der Waals surface area contributed by atoms with E-state index in [0.29, 0.717) is 0 Å². The van der Waals surface area contributed by atoms with E-state index in [-0.39, 0.29) is 24.7 Å². The van der Waals surface area contributed by atoms with Crippen LogP contribution in [0.15, 0.2) is 0 Å². The Balaban J connectivity index is 3.21. The average molecular weight is 232 g/mol. The van der Waals surface area contributed by atoms with Crippen molar-refractivity contribution >= 4 is 0 Å². The van der Waals surface area contributed by atoms with Crippen LogP contribution in [0.25, 0.3) is 0 Å². The van der Waals surface area contributed by atoms with Gasteiger partial charge < -0.3 is 14.9 Å². The first-order chi connectivity index (χ1) is 7.49. The van der Waals surface area contributed by atoms with Crippen molar-refractivity contribution in [2.24, 2.45) is 5.92 Å². The maximum atomic E-state index is 8.88. The normalized spacial score (nSPS) is 12.4. The first-order valence-electron chi connectivity index (χ1n) is 6.35. The molecule has 0 spiro atoms. The summed E-state index contributed by atoms with van der Waals surface area (Å²) in [6, 6.07) is 0. The lowest BCUT2D eigenvalue weighted by molar-refractivity contribution is -0.00480. The van der Waals surface area contributed by atoms with Crippen LogP contribution in [0.4, 0.5) is 0 Å². The van der Waals surface area contributed by atoms with Crippen LogP contribution in [0.1, 0.15) is 52.9 Å². The van der Waals surface area contributed by atoms with Crippen LogP contribution in [0, 0.1) is 5.92 Å². The van der Waals surface area contributed by atoms with Crippen molar-refractivity contribution in [3.05, 3.63) is 0 Å². The molecule has 0 aliphatic rings. The zero-order valence-corrected chi connectivity index (χ0v) is 11.0. The number of aliphatic hydroxyl groups is 2. The minimum Gasteiger partial charge on any atom is -0.396 e. The van der Waals surface area contributed by atoms with Crippen molar-refractivity contribution in [3.8, 4) is 0 Å². The molecule has 0 aromatic carbocycles. The smallest absolute Gasteiger partial charge is 0.0598 e. The van der Waals surface area contributed by atoms with E-state index in [1.807, 2.05) is 0 Å². The van der Waals surface area contributed by atoms with Gasteiger partial charge in [-0.05, 0) is 33.6 Å². The number of hydrogen-bond acceptors (Lipinski definition) is 3. The molecule has 3 heteroatoms. The van der Waals surface area contributed by atoms with E-state index in [0.717, 1.165) is 32.3 Å². The van der Waals surface area contributed by atoms with Gasteiger partial charge in [0.15, 0.2) is 0 Å². The van der Waals surface area contributed by atoms with Crippen molar-refractivity contribution in [1.82, 2.24) is 0 Å². The number of aliphatic hydroxyl groups excluding tert-OH is 2. The van der Waals surface area contributed by atoms with E-state index in [1.165, 1.54) is 6.42 Å². The summed E-state index contributed by atoms with van der Waals surface area (Å²) in [6.07, 6.45) is 5.43. The Hall–Kier alpha value is -0.120. The van der Waals surface area contributed by atoms with Crippen LogP contribution < -0.4 is 0 Å². The molecule has 0 radical (unpaired) electrons. The SMILES string of the molecule is CC(C)(C)OCCCCCCC(CO)CO. The zero-order valence-electron chi connectivity index (χ0n) is 11.0. The average Bonchev–Trinajstić information content (AvgIpc) is 2.21. The molecule has 0 fully saturated rings. The lowest BCUT2D eigenvalue weighted by atomic mass is 10.0. The van der Waals surface area contributed by atoms with Gasteiger partial charge in [0.25, 0.3) is 0 Å². The molecule has 3 nitrogen and oxygen atoms in total. The first-order valence-corrected chi connectivity index (χ1v) is 6.35. The van der Waals surface area contributed by atoms with E-state index in [9.17, 15) is 0 Å². The van der Waals surface area contributed by atoms with E-state index >= 15 is 0 Å². The Bertz CT molecular complexity index is 148. The Morgan fingerprint density at radius 1 is 0.938 bits per heavy atom. The van der Waals surface area contributed by atoms with Gasteiger partial charge in [-0.1, -0.05) is 19.3 Å². The van der Waals surface area contributed by atoms with Gasteiger partial charge >= 0.3 is 0 Å². The van der Waals surface area contributed by atoms with Gasteiger partial charge in [0.1, 0.15) is 0 Å². The summed E-state index contributed by atoms with van der Waals surface area (Å²) in [6.45, 7) is 7.24. The molecule has 0 atom stereocenters. The van der Waals surface area contributed by atoms with Crippen molar-refractivity contribution in [3.63, 3.8) is 0 Å². The van der Waals surface area contributed by atoms with Crippen LogP contribution in [0.2, 0.25) is 0 Å². The third-order valence-electron chi connectivity index (χ3n) is 2.56. The number of unbranched alkanes of at least 4 members (excludes halogenated alkanes) is 3. The molecule has 16 heavy (non-hydrogen) atoms. The molecule has 0 saturated heterocycles. The van der Waals surface area contributed by atoms with Gasteiger partial charge in [-0.2, -0.15) is 0 Å². The Labute approximate surface area is 99.8 Å². The molecule has 0 amide bonds. The highest BCUT2D eigenvalue weighted by Crippen LogP contribution is 2.12. The van der Waals surface area contributed by atoms with Gasteiger partial charge in [0.05, 0.1) is 5.60 Å². The second kappa shape index (κ2) is 8.97. The molecular formula is C13H28O3. The third-order valence-corrected chi connectivity index (χ3v) is 2.56. The van der Waals surface area contributed by atoms with Crippen LogP contribution >= 0.6 is 0 Å². The molecule has 0 aliphatic carbocycles. The van der Waals surface area contributed by atoms with Crippen LogP contribution in [-0.4, -0.2) is 35.6 Å². The summed E-state index contributed by atoms with van der Waals surface area (Å²) in [7, 11) is 0. The van der Waals surface area contributed by atoms with Crippen LogP contribution in [0.5, 0.6) is 0 Å². The predicted octanol–water partition coefficient (Wildman–Crippen LogP) is 2.35. The largest absolute Gasteiger partial charge is 0.396 e. The van der Waals surface area contributed by atoms with Gasteiger partial charge in [0.2, 0.25) is 0 Å². The highest BCUT2D eigenvalue weighted by molar-refractivity contribution is 4.59. The van der Waals surface area contributed by atoms with Gasteiger partial charge in [-0.25, -0.2) is 0 Å². The number of hydrogen-bond donors (Lipinski definition) is 2. The van der Waals surface area contributed by atoms with Crippen molar-refractivity contribution < 1.29 is 14.9 Å². The predicted molar refractivity (Wildman–Crippen MR) is 66.5 cm³/mol. The topological polar surface area (TPSA) is 49.7 Å². The minimum atomic E-state index is -0.0289. The third kappa shape index (κ3) is 10.4. The highest BCUT2D eigenvalue weighted by Gasteiger charge is 2.09. The molecule has 2 N–H and O–H groups in total. The van der Waals surface area contributed by atoms with Gasteiger partial charge in [-0.3, -0.25) is 0 Å². The van der Waals surface area contributed by atoms with Crippen LogP contribution in [0.3, 0.4) is 0 Å². The highest BCUT2D eigenvalue weighted by atomic mass is 16.5.